The topological polar surface area (TPSA) is 24.4 Å². The minimum atomic E-state index is 0.797. The van der Waals surface area contributed by atoms with Crippen LogP contribution in [0.25, 0.3) is 0 Å². The van der Waals surface area contributed by atoms with Gasteiger partial charge in [0.15, 0.2) is 0 Å². The smallest absolute Gasteiger partial charge is 0.0579 e. The van der Waals surface area contributed by atoms with E-state index in [9.17, 15) is 0 Å². The molecular weight excluding hydrogens is 136 g/mol. The molecule has 2 heteroatoms. The lowest BCUT2D eigenvalue weighted by Crippen LogP contribution is -2.04. The third-order valence-corrected chi connectivity index (χ3v) is 1.35. The van der Waals surface area contributed by atoms with Gasteiger partial charge in [-0.25, -0.2) is 0 Å². The van der Waals surface area contributed by atoms with Gasteiger partial charge in [0.2, 0.25) is 0 Å². The zero-order valence-electron chi connectivity index (χ0n) is 6.62. The summed E-state index contributed by atoms with van der Waals surface area (Å²) in [7, 11) is 0. The molecule has 0 spiro atoms. The Kier molecular flexibility index (Phi) is 3.19. The van der Waals surface area contributed by atoms with Crippen molar-refractivity contribution < 1.29 is 0 Å². The standard InChI is InChI=1S/C9H12N2/c1-2-10-11-8-9-6-4-3-5-7-9/h2-7,11H,8H2,1H3/b10-2+. The maximum absolute atomic E-state index is 3.89. The second-order valence-corrected chi connectivity index (χ2v) is 2.21. The van der Waals surface area contributed by atoms with E-state index in [-0.39, 0.29) is 0 Å². The maximum atomic E-state index is 3.89. The van der Waals surface area contributed by atoms with Gasteiger partial charge in [-0.2, -0.15) is 5.10 Å². The Morgan fingerprint density at radius 3 is 2.73 bits per heavy atom. The number of nitrogens with zero attached hydrogens (tertiary/aromatic N) is 1. The summed E-state index contributed by atoms with van der Waals surface area (Å²) in [6, 6.07) is 10.2. The highest BCUT2D eigenvalue weighted by Gasteiger charge is 1.85. The summed E-state index contributed by atoms with van der Waals surface area (Å²) in [6.45, 7) is 2.68. The molecule has 1 aromatic carbocycles. The Morgan fingerprint density at radius 2 is 2.09 bits per heavy atom. The van der Waals surface area contributed by atoms with Crippen LogP contribution in [0.4, 0.5) is 0 Å². The van der Waals surface area contributed by atoms with E-state index in [0.717, 1.165) is 6.54 Å². The van der Waals surface area contributed by atoms with Crippen LogP contribution in [-0.2, 0) is 6.54 Å². The minimum absolute atomic E-state index is 0.797. The van der Waals surface area contributed by atoms with E-state index in [0.29, 0.717) is 0 Å². The van der Waals surface area contributed by atoms with Gasteiger partial charge in [0.25, 0.3) is 0 Å². The summed E-state index contributed by atoms with van der Waals surface area (Å²) in [5, 5.41) is 3.89. The molecule has 0 atom stereocenters. The molecule has 0 fully saturated rings. The van der Waals surface area contributed by atoms with Crippen LogP contribution >= 0.6 is 0 Å². The average molecular weight is 148 g/mol. The molecule has 0 aromatic heterocycles. The molecule has 0 bridgehead atoms. The van der Waals surface area contributed by atoms with Gasteiger partial charge in [-0.3, -0.25) is 0 Å². The highest BCUT2D eigenvalue weighted by Crippen LogP contribution is 1.96. The molecule has 58 valence electrons. The van der Waals surface area contributed by atoms with Gasteiger partial charge in [0.1, 0.15) is 0 Å². The van der Waals surface area contributed by atoms with Crippen molar-refractivity contribution in [1.82, 2.24) is 5.43 Å². The van der Waals surface area contributed by atoms with Crippen molar-refractivity contribution in [2.75, 3.05) is 0 Å². The van der Waals surface area contributed by atoms with Crippen molar-refractivity contribution in [3.8, 4) is 0 Å². The van der Waals surface area contributed by atoms with Gasteiger partial charge in [0.05, 0.1) is 6.54 Å². The van der Waals surface area contributed by atoms with E-state index < -0.39 is 0 Å². The molecule has 0 aliphatic carbocycles. The van der Waals surface area contributed by atoms with E-state index in [1.54, 1.807) is 6.21 Å². The molecular formula is C9H12N2. The lowest BCUT2D eigenvalue weighted by atomic mass is 10.2. The second-order valence-electron chi connectivity index (χ2n) is 2.21. The fraction of sp³-hybridized carbons (Fsp3) is 0.222. The highest BCUT2D eigenvalue weighted by atomic mass is 15.3. The Bertz CT molecular complexity index is 216. The van der Waals surface area contributed by atoms with E-state index >= 15 is 0 Å². The number of hydrogen-bond acceptors (Lipinski definition) is 2. The molecule has 2 nitrogen and oxygen atoms in total. The summed E-state index contributed by atoms with van der Waals surface area (Å²) in [4.78, 5) is 0. The molecule has 0 unspecified atom stereocenters. The zero-order chi connectivity index (χ0) is 7.94. The van der Waals surface area contributed by atoms with Crippen LogP contribution < -0.4 is 5.43 Å². The Morgan fingerprint density at radius 1 is 1.36 bits per heavy atom. The van der Waals surface area contributed by atoms with Gasteiger partial charge in [0, 0.05) is 6.21 Å². The average Bonchev–Trinajstić information content (AvgIpc) is 2.07. The van der Waals surface area contributed by atoms with Crippen molar-refractivity contribution in [3.63, 3.8) is 0 Å². The van der Waals surface area contributed by atoms with Crippen LogP contribution in [0, 0.1) is 0 Å². The Labute approximate surface area is 66.9 Å². The van der Waals surface area contributed by atoms with Gasteiger partial charge >= 0.3 is 0 Å². The number of rotatable bonds is 3. The van der Waals surface area contributed by atoms with Crippen LogP contribution in [0.1, 0.15) is 12.5 Å². The van der Waals surface area contributed by atoms with Crippen molar-refractivity contribution in [2.45, 2.75) is 13.5 Å². The van der Waals surface area contributed by atoms with Crippen molar-refractivity contribution in [2.24, 2.45) is 5.10 Å². The number of hydrogen-bond donors (Lipinski definition) is 1. The largest absolute Gasteiger partial charge is 0.306 e. The summed E-state index contributed by atoms with van der Waals surface area (Å²) in [6.07, 6.45) is 1.74. The third-order valence-electron chi connectivity index (χ3n) is 1.35. The molecule has 0 aliphatic heterocycles. The maximum Gasteiger partial charge on any atom is 0.0579 e. The predicted octanol–water partition coefficient (Wildman–Crippen LogP) is 1.78. The normalized spacial score (nSPS) is 10.3. The van der Waals surface area contributed by atoms with Gasteiger partial charge in [-0.1, -0.05) is 30.3 Å². The van der Waals surface area contributed by atoms with Crippen molar-refractivity contribution in [3.05, 3.63) is 35.9 Å². The van der Waals surface area contributed by atoms with Crippen LogP contribution in [0.15, 0.2) is 35.4 Å². The van der Waals surface area contributed by atoms with Crippen LogP contribution in [0.5, 0.6) is 0 Å². The predicted molar refractivity (Wildman–Crippen MR) is 47.4 cm³/mol. The molecule has 0 radical (unpaired) electrons. The van der Waals surface area contributed by atoms with Gasteiger partial charge in [-0.05, 0) is 12.5 Å². The lowest BCUT2D eigenvalue weighted by Gasteiger charge is -1.98. The molecule has 0 saturated heterocycles. The van der Waals surface area contributed by atoms with Crippen LogP contribution in [0.3, 0.4) is 0 Å². The first-order chi connectivity index (χ1) is 5.43. The summed E-state index contributed by atoms with van der Waals surface area (Å²) in [5.74, 6) is 0. The van der Waals surface area contributed by atoms with Gasteiger partial charge < -0.3 is 5.43 Å². The summed E-state index contributed by atoms with van der Waals surface area (Å²) >= 11 is 0. The number of hydrazone groups is 1. The fourth-order valence-corrected chi connectivity index (χ4v) is 0.824. The van der Waals surface area contributed by atoms with Gasteiger partial charge in [-0.15, -0.1) is 0 Å². The molecule has 11 heavy (non-hydrogen) atoms. The first-order valence-electron chi connectivity index (χ1n) is 3.68. The number of benzene rings is 1. The van der Waals surface area contributed by atoms with Crippen LogP contribution in [-0.4, -0.2) is 6.21 Å². The summed E-state index contributed by atoms with van der Waals surface area (Å²) in [5.41, 5.74) is 4.17. The minimum Gasteiger partial charge on any atom is -0.306 e. The van der Waals surface area contributed by atoms with Crippen LogP contribution in [0.2, 0.25) is 0 Å². The van der Waals surface area contributed by atoms with E-state index in [1.165, 1.54) is 5.56 Å². The highest BCUT2D eigenvalue weighted by molar-refractivity contribution is 5.52. The van der Waals surface area contributed by atoms with E-state index in [2.05, 4.69) is 22.7 Å². The second kappa shape index (κ2) is 4.50. The van der Waals surface area contributed by atoms with E-state index in [1.807, 2.05) is 25.1 Å². The first kappa shape index (κ1) is 7.79. The SMILES string of the molecule is C/C=N/NCc1ccccc1. The third kappa shape index (κ3) is 2.85. The molecule has 1 N–H and O–H groups in total. The molecule has 0 amide bonds. The molecule has 1 rings (SSSR count). The first-order valence-corrected chi connectivity index (χ1v) is 3.68. The number of nitrogens with one attached hydrogen (secondary N) is 1. The van der Waals surface area contributed by atoms with E-state index in [4.69, 9.17) is 0 Å². The van der Waals surface area contributed by atoms with Crippen molar-refractivity contribution >= 4 is 6.21 Å². The Hall–Kier alpha value is -1.31. The quantitative estimate of drug-likeness (QED) is 0.513. The Balaban J connectivity index is 2.39. The molecule has 0 heterocycles. The summed E-state index contributed by atoms with van der Waals surface area (Å²) < 4.78 is 0. The fourth-order valence-electron chi connectivity index (χ4n) is 0.824. The van der Waals surface area contributed by atoms with Crippen molar-refractivity contribution in [1.29, 1.82) is 0 Å². The zero-order valence-corrected chi connectivity index (χ0v) is 6.62. The molecule has 1 aromatic rings. The molecule has 0 saturated carbocycles. The monoisotopic (exact) mass is 148 g/mol. The molecule has 0 aliphatic rings. The lowest BCUT2D eigenvalue weighted by molar-refractivity contribution is 0.747.